The lowest BCUT2D eigenvalue weighted by Gasteiger charge is -2.28. The zero-order valence-electron chi connectivity index (χ0n) is 13.0. The van der Waals surface area contributed by atoms with Crippen LogP contribution in [0, 0.1) is 31.6 Å². The maximum atomic E-state index is 12.6. The fourth-order valence-electron chi connectivity index (χ4n) is 3.72. The van der Waals surface area contributed by atoms with E-state index in [4.69, 9.17) is 5.73 Å². The molecule has 0 aromatic carbocycles. The van der Waals surface area contributed by atoms with Crippen molar-refractivity contribution < 1.29 is 4.79 Å². The van der Waals surface area contributed by atoms with E-state index in [2.05, 4.69) is 23.3 Å². The zero-order chi connectivity index (χ0) is 15.1. The number of allylic oxidation sites excluding steroid dienone is 1. The fraction of sp³-hybridized carbons (Fsp3) is 0.625. The van der Waals surface area contributed by atoms with Gasteiger partial charge in [-0.25, -0.2) is 0 Å². The number of aromatic nitrogens is 2. The summed E-state index contributed by atoms with van der Waals surface area (Å²) >= 11 is 0. The summed E-state index contributed by atoms with van der Waals surface area (Å²) in [6.45, 7) is 5.43. The van der Waals surface area contributed by atoms with Crippen LogP contribution in [0.2, 0.25) is 0 Å². The molecule has 1 saturated carbocycles. The van der Waals surface area contributed by atoms with E-state index in [1.807, 2.05) is 30.5 Å². The molecule has 5 nitrogen and oxygen atoms in total. The van der Waals surface area contributed by atoms with Crippen molar-refractivity contribution in [3.8, 4) is 0 Å². The van der Waals surface area contributed by atoms with Gasteiger partial charge in [0.1, 0.15) is 0 Å². The van der Waals surface area contributed by atoms with E-state index in [0.29, 0.717) is 18.4 Å². The van der Waals surface area contributed by atoms with E-state index in [1.54, 1.807) is 0 Å². The molecule has 0 unspecified atom stereocenters. The van der Waals surface area contributed by atoms with Crippen LogP contribution in [-0.4, -0.2) is 40.2 Å². The molecule has 2 aliphatic carbocycles. The van der Waals surface area contributed by atoms with Crippen molar-refractivity contribution in [3.05, 3.63) is 29.6 Å². The lowest BCUT2D eigenvalue weighted by molar-refractivity contribution is -0.135. The molecule has 114 valence electrons. The summed E-state index contributed by atoms with van der Waals surface area (Å²) < 4.78 is 1.96. The first-order valence-corrected chi connectivity index (χ1v) is 7.67. The number of nitrogens with zero attached hydrogens (tertiary/aromatic N) is 3. The van der Waals surface area contributed by atoms with Crippen molar-refractivity contribution in [2.24, 2.45) is 23.5 Å². The summed E-state index contributed by atoms with van der Waals surface area (Å²) in [4.78, 5) is 14.5. The monoisotopic (exact) mass is 288 g/mol. The van der Waals surface area contributed by atoms with Gasteiger partial charge in [-0.3, -0.25) is 9.48 Å². The molecule has 2 aliphatic rings. The van der Waals surface area contributed by atoms with Crippen LogP contribution in [0.15, 0.2) is 18.2 Å². The number of amides is 1. The number of likely N-dealkylation sites (N-methyl/N-ethyl adjacent to an activating group) is 1. The molecule has 5 heteroatoms. The lowest BCUT2D eigenvalue weighted by atomic mass is 9.88. The molecule has 1 heterocycles. The third-order valence-electron chi connectivity index (χ3n) is 4.93. The second kappa shape index (κ2) is 5.30. The number of carbonyl (C=O) groups excluding carboxylic acids is 1. The number of fused-ring (bicyclic) bond motifs is 2. The van der Waals surface area contributed by atoms with Crippen molar-refractivity contribution in [2.75, 3.05) is 13.6 Å². The largest absolute Gasteiger partial charge is 0.344 e. The number of nitrogens with two attached hydrogens (primary N) is 1. The molecule has 0 radical (unpaired) electrons. The predicted molar refractivity (Wildman–Crippen MR) is 81.5 cm³/mol. The summed E-state index contributed by atoms with van der Waals surface area (Å²) in [5.74, 6) is 0.883. The highest BCUT2D eigenvalue weighted by Gasteiger charge is 2.46. The van der Waals surface area contributed by atoms with Crippen molar-refractivity contribution in [2.45, 2.75) is 32.9 Å². The van der Waals surface area contributed by atoms with Gasteiger partial charge in [-0.15, -0.1) is 0 Å². The normalized spacial score (nSPS) is 30.1. The van der Waals surface area contributed by atoms with Gasteiger partial charge in [-0.1, -0.05) is 12.2 Å². The van der Waals surface area contributed by atoms with Gasteiger partial charge in [-0.2, -0.15) is 5.10 Å². The SMILES string of the molecule is Cc1cc(C)n(CCN(C)C(=O)[C@H]2[C@@H](N)[C@H]3C=C[C@@H]2C3)n1. The molecule has 3 rings (SSSR count). The Morgan fingerprint density at radius 3 is 2.71 bits per heavy atom. The highest BCUT2D eigenvalue weighted by Crippen LogP contribution is 2.43. The Balaban J connectivity index is 1.60. The summed E-state index contributed by atoms with van der Waals surface area (Å²) in [7, 11) is 1.87. The second-order valence-electron chi connectivity index (χ2n) is 6.46. The average molecular weight is 288 g/mol. The van der Waals surface area contributed by atoms with Crippen molar-refractivity contribution >= 4 is 5.91 Å². The van der Waals surface area contributed by atoms with Gasteiger partial charge in [0.2, 0.25) is 5.91 Å². The Morgan fingerprint density at radius 2 is 2.14 bits per heavy atom. The highest BCUT2D eigenvalue weighted by atomic mass is 16.2. The topological polar surface area (TPSA) is 64.2 Å². The molecule has 2 N–H and O–H groups in total. The first-order chi connectivity index (χ1) is 9.97. The van der Waals surface area contributed by atoms with Crippen LogP contribution in [-0.2, 0) is 11.3 Å². The Hall–Kier alpha value is -1.62. The Morgan fingerprint density at radius 1 is 1.43 bits per heavy atom. The van der Waals surface area contributed by atoms with Gasteiger partial charge in [0.15, 0.2) is 0 Å². The van der Waals surface area contributed by atoms with Gasteiger partial charge < -0.3 is 10.6 Å². The highest BCUT2D eigenvalue weighted by molar-refractivity contribution is 5.80. The summed E-state index contributed by atoms with van der Waals surface area (Å²) in [5, 5.41) is 4.43. The minimum Gasteiger partial charge on any atom is -0.344 e. The molecule has 0 spiro atoms. The third kappa shape index (κ3) is 2.50. The molecule has 0 saturated heterocycles. The van der Waals surface area contributed by atoms with Crippen molar-refractivity contribution in [3.63, 3.8) is 0 Å². The van der Waals surface area contributed by atoms with Crippen LogP contribution in [0.4, 0.5) is 0 Å². The number of rotatable bonds is 4. The Bertz CT molecular complexity index is 577. The minimum absolute atomic E-state index is 0.0105. The summed E-state index contributed by atoms with van der Waals surface area (Å²) in [5.41, 5.74) is 8.37. The molecule has 4 atom stereocenters. The van der Waals surface area contributed by atoms with Crippen LogP contribution in [0.3, 0.4) is 0 Å². The lowest BCUT2D eigenvalue weighted by Crippen LogP contribution is -2.45. The summed E-state index contributed by atoms with van der Waals surface area (Å²) in [6.07, 6.45) is 5.39. The predicted octanol–water partition coefficient (Wildman–Crippen LogP) is 1.11. The standard InChI is InChI=1S/C16H24N4O/c1-10-8-11(2)20(18-10)7-6-19(3)16(21)14-12-4-5-13(9-12)15(14)17/h4-5,8,12-15H,6-7,9,17H2,1-3H3/t12-,13+,14-,15+/m1/s1. The maximum absolute atomic E-state index is 12.6. The zero-order valence-corrected chi connectivity index (χ0v) is 13.0. The number of carbonyl (C=O) groups is 1. The first-order valence-electron chi connectivity index (χ1n) is 7.67. The van der Waals surface area contributed by atoms with E-state index in [9.17, 15) is 4.79 Å². The molecule has 2 bridgehead atoms. The Kier molecular flexibility index (Phi) is 3.61. The van der Waals surface area contributed by atoms with E-state index >= 15 is 0 Å². The van der Waals surface area contributed by atoms with E-state index in [-0.39, 0.29) is 17.9 Å². The Labute approximate surface area is 125 Å². The van der Waals surface area contributed by atoms with Crippen LogP contribution < -0.4 is 5.73 Å². The van der Waals surface area contributed by atoms with Crippen LogP contribution in [0.5, 0.6) is 0 Å². The van der Waals surface area contributed by atoms with E-state index in [1.165, 1.54) is 0 Å². The molecule has 1 fully saturated rings. The molecule has 21 heavy (non-hydrogen) atoms. The van der Waals surface area contributed by atoms with E-state index < -0.39 is 0 Å². The molecule has 1 aromatic heterocycles. The smallest absolute Gasteiger partial charge is 0.227 e. The van der Waals surface area contributed by atoms with Crippen molar-refractivity contribution in [1.82, 2.24) is 14.7 Å². The van der Waals surface area contributed by atoms with Gasteiger partial charge in [0.25, 0.3) is 0 Å². The number of hydrogen-bond donors (Lipinski definition) is 1. The molecular formula is C16H24N4O. The van der Waals surface area contributed by atoms with Gasteiger partial charge >= 0.3 is 0 Å². The first kappa shape index (κ1) is 14.3. The number of hydrogen-bond acceptors (Lipinski definition) is 3. The van der Waals surface area contributed by atoms with Crippen LogP contribution >= 0.6 is 0 Å². The van der Waals surface area contributed by atoms with Gasteiger partial charge in [0.05, 0.1) is 18.2 Å². The summed E-state index contributed by atoms with van der Waals surface area (Å²) in [6, 6.07) is 2.04. The molecular weight excluding hydrogens is 264 g/mol. The van der Waals surface area contributed by atoms with Crippen LogP contribution in [0.1, 0.15) is 17.8 Å². The van der Waals surface area contributed by atoms with Crippen LogP contribution in [0.25, 0.3) is 0 Å². The molecule has 1 aromatic rings. The third-order valence-corrected chi connectivity index (χ3v) is 4.93. The number of aryl methyl sites for hydroxylation is 2. The minimum atomic E-state index is -0.0366. The van der Waals surface area contributed by atoms with Gasteiger partial charge in [0, 0.05) is 25.3 Å². The molecule has 1 amide bonds. The van der Waals surface area contributed by atoms with Gasteiger partial charge in [-0.05, 0) is 38.2 Å². The van der Waals surface area contributed by atoms with Crippen molar-refractivity contribution in [1.29, 1.82) is 0 Å². The fourth-order valence-corrected chi connectivity index (χ4v) is 3.72. The average Bonchev–Trinajstić information content (AvgIpc) is 3.10. The second-order valence-corrected chi connectivity index (χ2v) is 6.46. The quantitative estimate of drug-likeness (QED) is 0.844. The maximum Gasteiger partial charge on any atom is 0.227 e. The molecule has 0 aliphatic heterocycles. The van der Waals surface area contributed by atoms with E-state index in [0.717, 1.165) is 24.4 Å².